The number of aromatic nitrogens is 1. The van der Waals surface area contributed by atoms with Crippen LogP contribution in [0.15, 0.2) is 42.7 Å². The molecule has 0 bridgehead atoms. The molecule has 1 N–H and O–H groups in total. The van der Waals surface area contributed by atoms with Crippen LogP contribution in [0.2, 0.25) is 0 Å². The van der Waals surface area contributed by atoms with Gasteiger partial charge in [-0.3, -0.25) is 4.98 Å². The third-order valence-corrected chi connectivity index (χ3v) is 3.51. The van der Waals surface area contributed by atoms with Gasteiger partial charge in [0.05, 0.1) is 12.6 Å². The Balaban J connectivity index is 2.29. The summed E-state index contributed by atoms with van der Waals surface area (Å²) in [5.74, 6) is 0.915. The normalized spacial score (nSPS) is 12.1. The van der Waals surface area contributed by atoms with Crippen LogP contribution in [0.1, 0.15) is 43.0 Å². The van der Waals surface area contributed by atoms with Crippen molar-refractivity contribution >= 4 is 0 Å². The number of benzene rings is 1. The number of hydrogen-bond acceptors (Lipinski definition) is 3. The molecule has 0 aliphatic carbocycles. The van der Waals surface area contributed by atoms with Gasteiger partial charge in [0.1, 0.15) is 5.75 Å². The molecule has 2 rings (SSSR count). The summed E-state index contributed by atoms with van der Waals surface area (Å²) < 4.78 is 5.52. The second kappa shape index (κ2) is 7.79. The molecule has 21 heavy (non-hydrogen) atoms. The first-order valence-corrected chi connectivity index (χ1v) is 7.63. The predicted molar refractivity (Wildman–Crippen MR) is 86.7 cm³/mol. The zero-order chi connectivity index (χ0) is 15.1. The van der Waals surface area contributed by atoms with Crippen LogP contribution in [0, 0.1) is 6.92 Å². The minimum absolute atomic E-state index is 0.175. The summed E-state index contributed by atoms with van der Waals surface area (Å²) in [5, 5.41) is 3.61. The summed E-state index contributed by atoms with van der Waals surface area (Å²) >= 11 is 0. The SMILES string of the molecule is CCCNC(c1ccc(OCC)cc1)c1cnccc1C. The molecular formula is C18H24N2O. The van der Waals surface area contributed by atoms with Gasteiger partial charge in [-0.25, -0.2) is 0 Å². The van der Waals surface area contributed by atoms with Gasteiger partial charge in [0.25, 0.3) is 0 Å². The fourth-order valence-electron chi connectivity index (χ4n) is 2.40. The molecule has 1 atom stereocenters. The van der Waals surface area contributed by atoms with E-state index in [2.05, 4.69) is 42.3 Å². The molecule has 0 aliphatic rings. The molecule has 1 aromatic heterocycles. The molecule has 0 radical (unpaired) electrons. The first-order valence-electron chi connectivity index (χ1n) is 7.63. The molecule has 3 heteroatoms. The number of ether oxygens (including phenoxy) is 1. The van der Waals surface area contributed by atoms with Crippen LogP contribution in [-0.4, -0.2) is 18.1 Å². The van der Waals surface area contributed by atoms with E-state index in [0.717, 1.165) is 18.7 Å². The fourth-order valence-corrected chi connectivity index (χ4v) is 2.40. The molecule has 0 saturated carbocycles. The van der Waals surface area contributed by atoms with Gasteiger partial charge < -0.3 is 10.1 Å². The van der Waals surface area contributed by atoms with E-state index >= 15 is 0 Å². The van der Waals surface area contributed by atoms with Crippen LogP contribution >= 0.6 is 0 Å². The predicted octanol–water partition coefficient (Wildman–Crippen LogP) is 3.88. The third-order valence-electron chi connectivity index (χ3n) is 3.51. The Labute approximate surface area is 127 Å². The van der Waals surface area contributed by atoms with E-state index in [9.17, 15) is 0 Å². The van der Waals surface area contributed by atoms with Crippen molar-refractivity contribution < 1.29 is 4.74 Å². The fraction of sp³-hybridized carbons (Fsp3) is 0.389. The molecule has 1 unspecified atom stereocenters. The van der Waals surface area contributed by atoms with Crippen LogP contribution in [0.5, 0.6) is 5.75 Å². The van der Waals surface area contributed by atoms with E-state index < -0.39 is 0 Å². The third kappa shape index (κ3) is 4.05. The summed E-state index contributed by atoms with van der Waals surface area (Å²) in [5.41, 5.74) is 3.73. The first kappa shape index (κ1) is 15.5. The van der Waals surface area contributed by atoms with Crippen LogP contribution in [0.3, 0.4) is 0 Å². The Morgan fingerprint density at radius 1 is 1.14 bits per heavy atom. The molecule has 0 spiro atoms. The first-order chi connectivity index (χ1) is 10.3. The van der Waals surface area contributed by atoms with Gasteiger partial charge in [0.15, 0.2) is 0 Å². The molecule has 0 fully saturated rings. The van der Waals surface area contributed by atoms with Crippen LogP contribution in [0.25, 0.3) is 0 Å². The van der Waals surface area contributed by atoms with Crippen molar-refractivity contribution in [3.63, 3.8) is 0 Å². The van der Waals surface area contributed by atoms with E-state index in [1.165, 1.54) is 16.7 Å². The van der Waals surface area contributed by atoms with Gasteiger partial charge in [-0.05, 0) is 61.7 Å². The lowest BCUT2D eigenvalue weighted by molar-refractivity contribution is 0.340. The Morgan fingerprint density at radius 2 is 1.90 bits per heavy atom. The number of aryl methyl sites for hydroxylation is 1. The van der Waals surface area contributed by atoms with Crippen LogP contribution in [0.4, 0.5) is 0 Å². The number of rotatable bonds is 7. The Kier molecular flexibility index (Phi) is 5.76. The molecule has 3 nitrogen and oxygen atoms in total. The summed E-state index contributed by atoms with van der Waals surface area (Å²) in [6, 6.07) is 10.6. The van der Waals surface area contributed by atoms with Gasteiger partial charge in [-0.2, -0.15) is 0 Å². The highest BCUT2D eigenvalue weighted by Crippen LogP contribution is 2.26. The highest BCUT2D eigenvalue weighted by atomic mass is 16.5. The highest BCUT2D eigenvalue weighted by Gasteiger charge is 2.15. The van der Waals surface area contributed by atoms with Crippen molar-refractivity contribution in [2.24, 2.45) is 0 Å². The topological polar surface area (TPSA) is 34.1 Å². The van der Waals surface area contributed by atoms with Crippen molar-refractivity contribution in [2.45, 2.75) is 33.2 Å². The minimum atomic E-state index is 0.175. The van der Waals surface area contributed by atoms with E-state index in [1.54, 1.807) is 0 Å². The van der Waals surface area contributed by atoms with E-state index in [1.807, 2.05) is 31.5 Å². The maximum Gasteiger partial charge on any atom is 0.119 e. The van der Waals surface area contributed by atoms with Crippen molar-refractivity contribution in [1.82, 2.24) is 10.3 Å². The lowest BCUT2D eigenvalue weighted by atomic mass is 9.96. The molecule has 0 saturated heterocycles. The highest BCUT2D eigenvalue weighted by molar-refractivity contribution is 5.37. The van der Waals surface area contributed by atoms with Crippen molar-refractivity contribution in [3.8, 4) is 5.75 Å². The minimum Gasteiger partial charge on any atom is -0.494 e. The summed E-state index contributed by atoms with van der Waals surface area (Å²) in [6.45, 7) is 7.98. The second-order valence-corrected chi connectivity index (χ2v) is 5.12. The Morgan fingerprint density at radius 3 is 2.52 bits per heavy atom. The lowest BCUT2D eigenvalue weighted by Crippen LogP contribution is -2.24. The van der Waals surface area contributed by atoms with Gasteiger partial charge in [-0.1, -0.05) is 19.1 Å². The molecule has 0 aliphatic heterocycles. The summed E-state index contributed by atoms with van der Waals surface area (Å²) in [6.07, 6.45) is 4.90. The summed E-state index contributed by atoms with van der Waals surface area (Å²) in [4.78, 5) is 4.28. The van der Waals surface area contributed by atoms with Crippen molar-refractivity contribution in [3.05, 3.63) is 59.4 Å². The number of nitrogens with one attached hydrogen (secondary N) is 1. The second-order valence-electron chi connectivity index (χ2n) is 5.12. The van der Waals surface area contributed by atoms with Gasteiger partial charge in [0.2, 0.25) is 0 Å². The average Bonchev–Trinajstić information content (AvgIpc) is 2.51. The van der Waals surface area contributed by atoms with Gasteiger partial charge >= 0.3 is 0 Å². The Bertz CT molecular complexity index is 551. The molecular weight excluding hydrogens is 260 g/mol. The van der Waals surface area contributed by atoms with Crippen LogP contribution < -0.4 is 10.1 Å². The maximum absolute atomic E-state index is 5.52. The molecule has 2 aromatic rings. The largest absolute Gasteiger partial charge is 0.494 e. The number of pyridine rings is 1. The Hall–Kier alpha value is -1.87. The molecule has 1 aromatic carbocycles. The molecule has 1 heterocycles. The molecule has 0 amide bonds. The average molecular weight is 284 g/mol. The standard InChI is InChI=1S/C18H24N2O/c1-4-11-20-18(17-13-19-12-10-14(17)3)15-6-8-16(9-7-15)21-5-2/h6-10,12-13,18,20H,4-5,11H2,1-3H3. The zero-order valence-electron chi connectivity index (χ0n) is 13.1. The number of hydrogen-bond donors (Lipinski definition) is 1. The maximum atomic E-state index is 5.52. The lowest BCUT2D eigenvalue weighted by Gasteiger charge is -2.21. The van der Waals surface area contributed by atoms with Crippen LogP contribution in [-0.2, 0) is 0 Å². The van der Waals surface area contributed by atoms with Gasteiger partial charge in [0, 0.05) is 12.4 Å². The van der Waals surface area contributed by atoms with E-state index in [4.69, 9.17) is 4.74 Å². The van der Waals surface area contributed by atoms with E-state index in [0.29, 0.717) is 6.61 Å². The smallest absolute Gasteiger partial charge is 0.119 e. The van der Waals surface area contributed by atoms with Gasteiger partial charge in [-0.15, -0.1) is 0 Å². The molecule has 112 valence electrons. The summed E-state index contributed by atoms with van der Waals surface area (Å²) in [7, 11) is 0. The van der Waals surface area contributed by atoms with Crippen molar-refractivity contribution in [2.75, 3.05) is 13.2 Å². The van der Waals surface area contributed by atoms with E-state index in [-0.39, 0.29) is 6.04 Å². The number of nitrogens with zero attached hydrogens (tertiary/aromatic N) is 1. The monoisotopic (exact) mass is 284 g/mol. The quantitative estimate of drug-likeness (QED) is 0.838. The zero-order valence-corrected chi connectivity index (χ0v) is 13.1. The van der Waals surface area contributed by atoms with Crippen molar-refractivity contribution in [1.29, 1.82) is 0 Å².